The molecule has 19 heavy (non-hydrogen) atoms. The molecule has 1 aliphatic heterocycles. The summed E-state index contributed by atoms with van der Waals surface area (Å²) in [4.78, 5) is 3.54. The predicted molar refractivity (Wildman–Crippen MR) is 70.3 cm³/mol. The van der Waals surface area contributed by atoms with Crippen LogP contribution in [-0.2, 0) is 0 Å². The van der Waals surface area contributed by atoms with Gasteiger partial charge in [-0.1, -0.05) is 6.07 Å². The summed E-state index contributed by atoms with van der Waals surface area (Å²) in [5.41, 5.74) is 8.55. The van der Waals surface area contributed by atoms with Crippen molar-refractivity contribution in [1.82, 2.24) is 4.90 Å². The predicted octanol–water partition coefficient (Wildman–Crippen LogP) is 2.26. The number of nitrogens with zero attached hydrogens (tertiary/aromatic N) is 2. The zero-order valence-corrected chi connectivity index (χ0v) is 10.9. The molecule has 0 aliphatic carbocycles. The molecule has 1 aromatic rings. The van der Waals surface area contributed by atoms with E-state index in [0.29, 0.717) is 31.9 Å². The van der Waals surface area contributed by atoms with Crippen molar-refractivity contribution in [3.63, 3.8) is 0 Å². The normalized spacial score (nSPS) is 17.8. The molecule has 0 atom stereocenters. The molecule has 1 aromatic carbocycles. The van der Waals surface area contributed by atoms with E-state index in [9.17, 15) is 13.2 Å². The van der Waals surface area contributed by atoms with Gasteiger partial charge < -0.3 is 10.6 Å². The van der Waals surface area contributed by atoms with Crippen LogP contribution in [0.2, 0.25) is 0 Å². The Morgan fingerprint density at radius 1 is 1.16 bits per heavy atom. The molecule has 1 fully saturated rings. The topological polar surface area (TPSA) is 32.5 Å². The first kappa shape index (κ1) is 14.0. The summed E-state index contributed by atoms with van der Waals surface area (Å²) in [6.07, 6.45) is -4.12. The van der Waals surface area contributed by atoms with Gasteiger partial charge in [0.2, 0.25) is 0 Å². The molecule has 0 bridgehead atoms. The van der Waals surface area contributed by atoms with E-state index in [0.717, 1.165) is 11.3 Å². The fourth-order valence-corrected chi connectivity index (χ4v) is 2.37. The van der Waals surface area contributed by atoms with Crippen LogP contribution in [0.15, 0.2) is 18.2 Å². The molecule has 2 N–H and O–H groups in total. The molecule has 2 rings (SSSR count). The maximum atomic E-state index is 12.3. The highest BCUT2D eigenvalue weighted by Gasteiger charge is 2.32. The van der Waals surface area contributed by atoms with Crippen molar-refractivity contribution in [1.29, 1.82) is 0 Å². The van der Waals surface area contributed by atoms with Gasteiger partial charge in [0, 0.05) is 37.6 Å². The van der Waals surface area contributed by atoms with Gasteiger partial charge >= 0.3 is 6.18 Å². The van der Waals surface area contributed by atoms with Crippen LogP contribution in [0, 0.1) is 6.92 Å². The van der Waals surface area contributed by atoms with Crippen LogP contribution in [0.3, 0.4) is 0 Å². The maximum Gasteiger partial charge on any atom is 0.401 e. The zero-order valence-electron chi connectivity index (χ0n) is 10.9. The number of benzene rings is 1. The summed E-state index contributed by atoms with van der Waals surface area (Å²) in [6.45, 7) is 3.20. The Balaban J connectivity index is 1.98. The van der Waals surface area contributed by atoms with Gasteiger partial charge in [0.1, 0.15) is 0 Å². The van der Waals surface area contributed by atoms with Gasteiger partial charge in [0.25, 0.3) is 0 Å². The molecule has 0 radical (unpaired) electrons. The van der Waals surface area contributed by atoms with Crippen LogP contribution >= 0.6 is 0 Å². The van der Waals surface area contributed by atoms with Gasteiger partial charge in [-0.05, 0) is 24.6 Å². The third-order valence-corrected chi connectivity index (χ3v) is 3.35. The van der Waals surface area contributed by atoms with Crippen LogP contribution in [0.25, 0.3) is 0 Å². The summed E-state index contributed by atoms with van der Waals surface area (Å²) >= 11 is 0. The molecular weight excluding hydrogens is 255 g/mol. The molecule has 0 unspecified atom stereocenters. The number of hydrogen-bond acceptors (Lipinski definition) is 3. The smallest absolute Gasteiger partial charge is 0.399 e. The highest BCUT2D eigenvalue weighted by atomic mass is 19.4. The minimum absolute atomic E-state index is 0.424. The standard InChI is InChI=1S/C13H18F3N3/c1-10-2-3-11(17)8-12(10)19-6-4-18(5-7-19)9-13(14,15)16/h2-3,8H,4-7,9,17H2,1H3. The van der Waals surface area contributed by atoms with E-state index in [4.69, 9.17) is 5.73 Å². The minimum Gasteiger partial charge on any atom is -0.399 e. The lowest BCUT2D eigenvalue weighted by atomic mass is 10.1. The quantitative estimate of drug-likeness (QED) is 0.839. The lowest BCUT2D eigenvalue weighted by Crippen LogP contribution is -2.49. The third-order valence-electron chi connectivity index (χ3n) is 3.35. The SMILES string of the molecule is Cc1ccc(N)cc1N1CCN(CC(F)(F)F)CC1. The van der Waals surface area contributed by atoms with Gasteiger partial charge in [0.15, 0.2) is 0 Å². The van der Waals surface area contributed by atoms with E-state index in [-0.39, 0.29) is 0 Å². The Bertz CT molecular complexity index is 437. The Kier molecular flexibility index (Phi) is 3.89. The lowest BCUT2D eigenvalue weighted by molar-refractivity contribution is -0.146. The first-order valence-corrected chi connectivity index (χ1v) is 6.25. The summed E-state index contributed by atoms with van der Waals surface area (Å²) < 4.78 is 36.9. The number of piperazine rings is 1. The number of anilines is 2. The first-order valence-electron chi connectivity index (χ1n) is 6.25. The van der Waals surface area contributed by atoms with Crippen molar-refractivity contribution in [2.24, 2.45) is 0 Å². The number of rotatable bonds is 2. The second-order valence-corrected chi connectivity index (χ2v) is 4.92. The maximum absolute atomic E-state index is 12.3. The van der Waals surface area contributed by atoms with Gasteiger partial charge in [-0.15, -0.1) is 0 Å². The average Bonchev–Trinajstić information content (AvgIpc) is 2.31. The van der Waals surface area contributed by atoms with E-state index in [2.05, 4.69) is 4.90 Å². The average molecular weight is 273 g/mol. The monoisotopic (exact) mass is 273 g/mol. The highest BCUT2D eigenvalue weighted by Crippen LogP contribution is 2.25. The molecule has 0 spiro atoms. The van der Waals surface area contributed by atoms with Crippen molar-refractivity contribution in [3.05, 3.63) is 23.8 Å². The molecule has 0 saturated carbocycles. The van der Waals surface area contributed by atoms with E-state index in [1.54, 1.807) is 0 Å². The molecule has 6 heteroatoms. The lowest BCUT2D eigenvalue weighted by Gasteiger charge is -2.37. The number of nitrogens with two attached hydrogens (primary N) is 1. The van der Waals surface area contributed by atoms with Gasteiger partial charge in [0.05, 0.1) is 6.54 Å². The number of alkyl halides is 3. The Morgan fingerprint density at radius 3 is 2.37 bits per heavy atom. The Hall–Kier alpha value is -1.43. The number of nitrogen functional groups attached to an aromatic ring is 1. The summed E-state index contributed by atoms with van der Waals surface area (Å²) in [5.74, 6) is 0. The number of halogens is 3. The Labute approximate surface area is 110 Å². The van der Waals surface area contributed by atoms with Gasteiger partial charge in [-0.25, -0.2) is 0 Å². The second-order valence-electron chi connectivity index (χ2n) is 4.92. The third kappa shape index (κ3) is 3.76. The van der Waals surface area contributed by atoms with Crippen molar-refractivity contribution >= 4 is 11.4 Å². The van der Waals surface area contributed by atoms with E-state index in [1.165, 1.54) is 4.90 Å². The summed E-state index contributed by atoms with van der Waals surface area (Å²) in [7, 11) is 0. The number of hydrogen-bond donors (Lipinski definition) is 1. The van der Waals surface area contributed by atoms with E-state index >= 15 is 0 Å². The van der Waals surface area contributed by atoms with Crippen LogP contribution in [0.5, 0.6) is 0 Å². The van der Waals surface area contributed by atoms with Crippen LogP contribution in [-0.4, -0.2) is 43.8 Å². The van der Waals surface area contributed by atoms with Crippen molar-refractivity contribution in [2.45, 2.75) is 13.1 Å². The molecule has 1 aliphatic rings. The highest BCUT2D eigenvalue weighted by molar-refractivity contribution is 5.61. The van der Waals surface area contributed by atoms with Crippen LogP contribution < -0.4 is 10.6 Å². The fraction of sp³-hybridized carbons (Fsp3) is 0.538. The summed E-state index contributed by atoms with van der Waals surface area (Å²) in [6, 6.07) is 5.65. The molecule has 106 valence electrons. The first-order chi connectivity index (χ1) is 8.85. The van der Waals surface area contributed by atoms with Crippen LogP contribution in [0.1, 0.15) is 5.56 Å². The summed E-state index contributed by atoms with van der Waals surface area (Å²) in [5, 5.41) is 0. The largest absolute Gasteiger partial charge is 0.401 e. The number of aryl methyl sites for hydroxylation is 1. The molecule has 3 nitrogen and oxygen atoms in total. The second kappa shape index (κ2) is 5.28. The minimum atomic E-state index is -4.12. The molecule has 1 heterocycles. The van der Waals surface area contributed by atoms with Crippen molar-refractivity contribution < 1.29 is 13.2 Å². The Morgan fingerprint density at radius 2 is 1.79 bits per heavy atom. The molecule has 0 aromatic heterocycles. The van der Waals surface area contributed by atoms with Crippen LogP contribution in [0.4, 0.5) is 24.5 Å². The van der Waals surface area contributed by atoms with E-state index < -0.39 is 12.7 Å². The van der Waals surface area contributed by atoms with Crippen molar-refractivity contribution in [3.8, 4) is 0 Å². The molecule has 0 amide bonds. The van der Waals surface area contributed by atoms with E-state index in [1.807, 2.05) is 25.1 Å². The molecular formula is C13H18F3N3. The zero-order chi connectivity index (χ0) is 14.0. The van der Waals surface area contributed by atoms with Gasteiger partial charge in [-0.2, -0.15) is 13.2 Å². The van der Waals surface area contributed by atoms with Gasteiger partial charge in [-0.3, -0.25) is 4.90 Å². The van der Waals surface area contributed by atoms with Crippen molar-refractivity contribution in [2.75, 3.05) is 43.4 Å². The fourth-order valence-electron chi connectivity index (χ4n) is 2.37. The molecule has 1 saturated heterocycles.